The van der Waals surface area contributed by atoms with Crippen molar-refractivity contribution in [1.82, 2.24) is 5.32 Å². The number of hydrogen-bond donors (Lipinski definition) is 2. The fraction of sp³-hybridized carbons (Fsp3) is 0.125. The minimum atomic E-state index is -1.02. The average molecular weight is 304 g/mol. The van der Waals surface area contributed by atoms with Gasteiger partial charge in [0.2, 0.25) is 5.91 Å². The maximum absolute atomic E-state index is 13.1. The Bertz CT molecular complexity index is 700. The molecule has 0 unspecified atom stereocenters. The van der Waals surface area contributed by atoms with Gasteiger partial charge in [0.05, 0.1) is 0 Å². The van der Waals surface area contributed by atoms with Gasteiger partial charge in [-0.15, -0.1) is 0 Å². The smallest absolute Gasteiger partial charge is 0.255 e. The first-order valence-corrected chi connectivity index (χ1v) is 6.55. The maximum atomic E-state index is 13.1. The second-order valence-corrected chi connectivity index (χ2v) is 4.69. The summed E-state index contributed by atoms with van der Waals surface area (Å²) in [6.07, 6.45) is 0. The van der Waals surface area contributed by atoms with Crippen LogP contribution in [-0.2, 0) is 11.3 Å². The van der Waals surface area contributed by atoms with Crippen molar-refractivity contribution in [2.24, 2.45) is 0 Å². The summed E-state index contributed by atoms with van der Waals surface area (Å²) in [5, 5.41) is 5.13. The summed E-state index contributed by atoms with van der Waals surface area (Å²) in [4.78, 5) is 22.8. The Morgan fingerprint density at radius 1 is 1.00 bits per heavy atom. The van der Waals surface area contributed by atoms with Gasteiger partial charge in [-0.2, -0.15) is 0 Å². The molecule has 0 radical (unpaired) electrons. The molecule has 2 amide bonds. The van der Waals surface area contributed by atoms with Gasteiger partial charge in [0.1, 0.15) is 0 Å². The Kier molecular flexibility index (Phi) is 4.83. The van der Waals surface area contributed by atoms with Crippen LogP contribution in [0.3, 0.4) is 0 Å². The Balaban J connectivity index is 2.03. The Labute approximate surface area is 126 Å². The third-order valence-electron chi connectivity index (χ3n) is 2.94. The third-order valence-corrected chi connectivity index (χ3v) is 2.94. The second-order valence-electron chi connectivity index (χ2n) is 4.69. The molecule has 4 nitrogen and oxygen atoms in total. The van der Waals surface area contributed by atoms with Crippen LogP contribution in [0.5, 0.6) is 0 Å². The van der Waals surface area contributed by atoms with E-state index in [4.69, 9.17) is 0 Å². The number of carbonyl (C=O) groups excluding carboxylic acids is 2. The van der Waals surface area contributed by atoms with Crippen molar-refractivity contribution in [1.29, 1.82) is 0 Å². The van der Waals surface area contributed by atoms with Crippen LogP contribution >= 0.6 is 0 Å². The number of anilines is 1. The van der Waals surface area contributed by atoms with E-state index < -0.39 is 17.5 Å². The van der Waals surface area contributed by atoms with Crippen LogP contribution in [0, 0.1) is 11.6 Å². The van der Waals surface area contributed by atoms with Crippen LogP contribution in [0.4, 0.5) is 14.5 Å². The number of amides is 2. The first kappa shape index (κ1) is 15.6. The fourth-order valence-corrected chi connectivity index (χ4v) is 1.78. The Morgan fingerprint density at radius 3 is 2.27 bits per heavy atom. The van der Waals surface area contributed by atoms with Gasteiger partial charge in [-0.25, -0.2) is 8.78 Å². The summed E-state index contributed by atoms with van der Waals surface area (Å²) in [7, 11) is 0. The Hall–Kier alpha value is -2.76. The summed E-state index contributed by atoms with van der Waals surface area (Å²) in [5.41, 5.74) is 1.39. The number of benzene rings is 2. The van der Waals surface area contributed by atoms with Crippen LogP contribution in [0.1, 0.15) is 22.8 Å². The summed E-state index contributed by atoms with van der Waals surface area (Å²) in [6.45, 7) is 1.80. The maximum Gasteiger partial charge on any atom is 0.255 e. The molecule has 0 saturated heterocycles. The molecular formula is C16H14F2N2O2. The van der Waals surface area contributed by atoms with Gasteiger partial charge in [-0.05, 0) is 29.8 Å². The van der Waals surface area contributed by atoms with Gasteiger partial charge in [0, 0.05) is 30.8 Å². The molecule has 2 N–H and O–H groups in total. The van der Waals surface area contributed by atoms with Gasteiger partial charge in [-0.1, -0.05) is 12.1 Å². The molecule has 0 saturated carbocycles. The van der Waals surface area contributed by atoms with Gasteiger partial charge >= 0.3 is 0 Å². The quantitative estimate of drug-likeness (QED) is 0.912. The van der Waals surface area contributed by atoms with Crippen LogP contribution in [-0.4, -0.2) is 11.8 Å². The predicted molar refractivity (Wildman–Crippen MR) is 78.3 cm³/mol. The first-order chi connectivity index (χ1) is 10.5. The number of carbonyl (C=O) groups is 2. The van der Waals surface area contributed by atoms with Crippen LogP contribution in [0.25, 0.3) is 0 Å². The first-order valence-electron chi connectivity index (χ1n) is 6.55. The number of nitrogens with one attached hydrogen (secondary N) is 2. The lowest BCUT2D eigenvalue weighted by Crippen LogP contribution is -2.19. The van der Waals surface area contributed by atoms with E-state index in [1.54, 1.807) is 24.3 Å². The van der Waals surface area contributed by atoms with E-state index in [0.717, 1.165) is 17.7 Å². The minimum Gasteiger partial charge on any atom is -0.352 e. The molecule has 0 aliphatic rings. The lowest BCUT2D eigenvalue weighted by molar-refractivity contribution is -0.119. The SMILES string of the molecule is CC(=O)NCc1ccc(C(=O)Nc2ccc(F)c(F)c2)cc1. The summed E-state index contributed by atoms with van der Waals surface area (Å²) in [6, 6.07) is 9.73. The van der Waals surface area contributed by atoms with Crippen molar-refractivity contribution >= 4 is 17.5 Å². The number of hydrogen-bond acceptors (Lipinski definition) is 2. The van der Waals surface area contributed by atoms with Crippen LogP contribution in [0.2, 0.25) is 0 Å². The molecule has 0 fully saturated rings. The highest BCUT2D eigenvalue weighted by Gasteiger charge is 2.08. The molecule has 114 valence electrons. The van der Waals surface area contributed by atoms with Crippen molar-refractivity contribution in [3.63, 3.8) is 0 Å². The average Bonchev–Trinajstić information content (AvgIpc) is 2.49. The zero-order valence-corrected chi connectivity index (χ0v) is 11.8. The van der Waals surface area contributed by atoms with Crippen molar-refractivity contribution in [2.75, 3.05) is 5.32 Å². The zero-order valence-electron chi connectivity index (χ0n) is 11.8. The van der Waals surface area contributed by atoms with E-state index in [1.165, 1.54) is 13.0 Å². The van der Waals surface area contributed by atoms with E-state index in [9.17, 15) is 18.4 Å². The van der Waals surface area contributed by atoms with Crippen molar-refractivity contribution < 1.29 is 18.4 Å². The molecule has 0 spiro atoms. The molecule has 0 atom stereocenters. The van der Waals surface area contributed by atoms with Gasteiger partial charge in [-0.3, -0.25) is 9.59 Å². The third kappa shape index (κ3) is 4.12. The van der Waals surface area contributed by atoms with Crippen molar-refractivity contribution in [2.45, 2.75) is 13.5 Å². The molecule has 2 aromatic carbocycles. The van der Waals surface area contributed by atoms with Gasteiger partial charge in [0.25, 0.3) is 5.91 Å². The molecule has 0 aliphatic heterocycles. The second kappa shape index (κ2) is 6.80. The Morgan fingerprint density at radius 2 is 1.68 bits per heavy atom. The van der Waals surface area contributed by atoms with Crippen molar-refractivity contribution in [3.05, 3.63) is 65.2 Å². The minimum absolute atomic E-state index is 0.139. The molecule has 2 rings (SSSR count). The number of rotatable bonds is 4. The largest absolute Gasteiger partial charge is 0.352 e. The van der Waals surface area contributed by atoms with E-state index >= 15 is 0 Å². The highest BCUT2D eigenvalue weighted by atomic mass is 19.2. The lowest BCUT2D eigenvalue weighted by atomic mass is 10.1. The molecule has 0 aliphatic carbocycles. The van der Waals surface area contributed by atoms with Crippen molar-refractivity contribution in [3.8, 4) is 0 Å². The lowest BCUT2D eigenvalue weighted by Gasteiger charge is -2.07. The molecule has 6 heteroatoms. The summed E-state index contributed by atoms with van der Waals surface area (Å²) in [5.74, 6) is -2.57. The fourth-order valence-electron chi connectivity index (χ4n) is 1.78. The normalized spacial score (nSPS) is 10.1. The van der Waals surface area contributed by atoms with Gasteiger partial charge in [0.15, 0.2) is 11.6 Å². The molecule has 22 heavy (non-hydrogen) atoms. The molecule has 0 heterocycles. The molecule has 0 aromatic heterocycles. The summed E-state index contributed by atoms with van der Waals surface area (Å²) < 4.78 is 25.9. The topological polar surface area (TPSA) is 58.2 Å². The summed E-state index contributed by atoms with van der Waals surface area (Å²) >= 11 is 0. The van der Waals surface area contributed by atoms with E-state index in [0.29, 0.717) is 12.1 Å². The molecule has 0 bridgehead atoms. The predicted octanol–water partition coefficient (Wildman–Crippen LogP) is 2.85. The zero-order chi connectivity index (χ0) is 16.1. The highest BCUT2D eigenvalue weighted by molar-refractivity contribution is 6.04. The van der Waals surface area contributed by atoms with Crippen LogP contribution in [0.15, 0.2) is 42.5 Å². The van der Waals surface area contributed by atoms with Gasteiger partial charge < -0.3 is 10.6 Å². The van der Waals surface area contributed by atoms with Crippen LogP contribution < -0.4 is 10.6 Å². The van der Waals surface area contributed by atoms with E-state index in [2.05, 4.69) is 10.6 Å². The monoisotopic (exact) mass is 304 g/mol. The standard InChI is InChI=1S/C16H14F2N2O2/c1-10(21)19-9-11-2-4-12(5-3-11)16(22)20-13-6-7-14(17)15(18)8-13/h2-8H,9H2,1H3,(H,19,21)(H,20,22). The number of halogens is 2. The molecule has 2 aromatic rings. The van der Waals surface area contributed by atoms with E-state index in [1.807, 2.05) is 0 Å². The van der Waals surface area contributed by atoms with E-state index in [-0.39, 0.29) is 11.6 Å². The highest BCUT2D eigenvalue weighted by Crippen LogP contribution is 2.14. The molecular weight excluding hydrogens is 290 g/mol.